The van der Waals surface area contributed by atoms with Gasteiger partial charge in [0.2, 0.25) is 5.95 Å². The minimum Gasteiger partial charge on any atom is -0.365 e. The summed E-state index contributed by atoms with van der Waals surface area (Å²) >= 11 is 0. The van der Waals surface area contributed by atoms with Crippen molar-refractivity contribution in [3.05, 3.63) is 6.33 Å². The van der Waals surface area contributed by atoms with Crippen LogP contribution in [0.15, 0.2) is 6.33 Å². The fraction of sp³-hybridized carbons (Fsp3) is 0.762. The van der Waals surface area contributed by atoms with Gasteiger partial charge in [-0.3, -0.25) is 5.43 Å². The zero-order valence-electron chi connectivity index (χ0n) is 17.4. The van der Waals surface area contributed by atoms with Crippen molar-refractivity contribution in [2.45, 2.75) is 76.0 Å². The Labute approximate surface area is 175 Å². The van der Waals surface area contributed by atoms with Gasteiger partial charge in [-0.15, -0.1) is 0 Å². The standard InChI is InChI=1S/C21H29N7O2/c1-21(2)29-16-12-7-11(12)15(17(16)30-21)28-8-23-14-18(25-20(27-22)26-19(14)28)24-13(9-3-4-9)10-5-6-10/h8-13,15-17H,3-7,22H2,1-2H3,(H2,24,25,26,27)/t11-,12+,15+,16+,17-/m0/s1. The lowest BCUT2D eigenvalue weighted by Gasteiger charge is -2.24. The molecular weight excluding hydrogens is 382 g/mol. The summed E-state index contributed by atoms with van der Waals surface area (Å²) in [6.45, 7) is 4.00. The van der Waals surface area contributed by atoms with Crippen LogP contribution in [-0.4, -0.2) is 43.6 Å². The number of nitrogens with zero attached hydrogens (tertiary/aromatic N) is 4. The van der Waals surface area contributed by atoms with E-state index < -0.39 is 5.79 Å². The predicted octanol–water partition coefficient (Wildman–Crippen LogP) is 2.42. The third-order valence-corrected chi connectivity index (χ3v) is 7.69. The van der Waals surface area contributed by atoms with Crippen LogP contribution in [0.5, 0.6) is 0 Å². The van der Waals surface area contributed by atoms with E-state index in [2.05, 4.69) is 20.3 Å². The maximum absolute atomic E-state index is 6.32. The van der Waals surface area contributed by atoms with Crippen molar-refractivity contribution in [2.24, 2.45) is 29.5 Å². The molecule has 4 N–H and O–H groups in total. The Morgan fingerprint density at radius 3 is 2.53 bits per heavy atom. The van der Waals surface area contributed by atoms with E-state index in [1.807, 2.05) is 20.2 Å². The van der Waals surface area contributed by atoms with Gasteiger partial charge in [0, 0.05) is 6.04 Å². The summed E-state index contributed by atoms with van der Waals surface area (Å²) in [5, 5.41) is 3.73. The maximum Gasteiger partial charge on any atom is 0.241 e. The van der Waals surface area contributed by atoms with Crippen molar-refractivity contribution in [2.75, 3.05) is 10.7 Å². The maximum atomic E-state index is 6.32. The van der Waals surface area contributed by atoms with Gasteiger partial charge in [-0.05, 0) is 69.6 Å². The molecule has 0 unspecified atom stereocenters. The molecule has 5 aliphatic rings. The Balaban J connectivity index is 1.28. The molecule has 2 aromatic rings. The number of nitrogens with two attached hydrogens (primary N) is 1. The molecule has 0 spiro atoms. The molecule has 0 bridgehead atoms. The summed E-state index contributed by atoms with van der Waals surface area (Å²) in [4.78, 5) is 14.1. The lowest BCUT2D eigenvalue weighted by atomic mass is 10.1. The van der Waals surface area contributed by atoms with Crippen LogP contribution in [0.3, 0.4) is 0 Å². The molecule has 1 saturated heterocycles. The minimum absolute atomic E-state index is 0.0347. The number of hydrogen-bond acceptors (Lipinski definition) is 8. The first-order valence-corrected chi connectivity index (χ1v) is 11.4. The first-order valence-electron chi connectivity index (χ1n) is 11.4. The van der Waals surface area contributed by atoms with Gasteiger partial charge in [0.1, 0.15) is 6.10 Å². The van der Waals surface area contributed by atoms with Crippen molar-refractivity contribution < 1.29 is 9.47 Å². The third-order valence-electron chi connectivity index (χ3n) is 7.69. The number of rotatable bonds is 6. The van der Waals surface area contributed by atoms with Crippen molar-refractivity contribution in [3.8, 4) is 0 Å². The van der Waals surface area contributed by atoms with Gasteiger partial charge < -0.3 is 19.4 Å². The van der Waals surface area contributed by atoms with Gasteiger partial charge in [-0.2, -0.15) is 9.97 Å². The van der Waals surface area contributed by atoms with Crippen molar-refractivity contribution in [1.82, 2.24) is 19.5 Å². The molecule has 0 amide bonds. The van der Waals surface area contributed by atoms with E-state index >= 15 is 0 Å². The Morgan fingerprint density at radius 2 is 1.83 bits per heavy atom. The molecule has 2 aromatic heterocycles. The van der Waals surface area contributed by atoms with Crippen LogP contribution in [0.4, 0.5) is 11.8 Å². The molecule has 5 atom stereocenters. The molecule has 30 heavy (non-hydrogen) atoms. The van der Waals surface area contributed by atoms with E-state index in [4.69, 9.17) is 25.3 Å². The first-order chi connectivity index (χ1) is 14.5. The highest BCUT2D eigenvalue weighted by Gasteiger charge is 2.66. The molecule has 1 aliphatic heterocycles. The number of fused-ring (bicyclic) bond motifs is 4. The SMILES string of the molecule is CC1(C)O[C@@H]2[C@@H]3C[C@@H]3[C@@H](n3cnc4c(NC(C5CC5)C5CC5)nc(NN)nc43)[C@@H]2O1. The van der Waals surface area contributed by atoms with Crippen LogP contribution in [0.25, 0.3) is 11.2 Å². The molecule has 160 valence electrons. The van der Waals surface area contributed by atoms with Gasteiger partial charge in [0.25, 0.3) is 0 Å². The van der Waals surface area contributed by atoms with Crippen LogP contribution >= 0.6 is 0 Å². The first kappa shape index (κ1) is 17.7. The van der Waals surface area contributed by atoms with E-state index in [1.54, 1.807) is 0 Å². The third kappa shape index (κ3) is 2.61. The number of imidazole rings is 1. The second-order valence-corrected chi connectivity index (χ2v) is 10.3. The van der Waals surface area contributed by atoms with Crippen LogP contribution in [0, 0.1) is 23.7 Å². The molecule has 0 radical (unpaired) electrons. The Hall–Kier alpha value is -1.97. The highest BCUT2D eigenvalue weighted by atomic mass is 16.8. The van der Waals surface area contributed by atoms with E-state index in [1.165, 1.54) is 32.1 Å². The van der Waals surface area contributed by atoms with E-state index in [9.17, 15) is 0 Å². The smallest absolute Gasteiger partial charge is 0.241 e. The fourth-order valence-corrected chi connectivity index (χ4v) is 6.02. The van der Waals surface area contributed by atoms with E-state index in [0.717, 1.165) is 28.8 Å². The lowest BCUT2D eigenvalue weighted by molar-refractivity contribution is -0.156. The van der Waals surface area contributed by atoms with E-state index in [-0.39, 0.29) is 18.2 Å². The summed E-state index contributed by atoms with van der Waals surface area (Å²) in [5.41, 5.74) is 4.29. The highest BCUT2D eigenvalue weighted by Crippen LogP contribution is 2.63. The number of aromatic nitrogens is 4. The zero-order chi connectivity index (χ0) is 20.2. The largest absolute Gasteiger partial charge is 0.365 e. The number of nitrogen functional groups attached to an aromatic ring is 1. The van der Waals surface area contributed by atoms with Crippen molar-refractivity contribution in [3.63, 3.8) is 0 Å². The molecule has 0 aromatic carbocycles. The summed E-state index contributed by atoms with van der Waals surface area (Å²) in [6, 6.07) is 0.665. The normalized spacial score (nSPS) is 36.2. The molecule has 7 rings (SSSR count). The van der Waals surface area contributed by atoms with E-state index in [0.29, 0.717) is 23.8 Å². The topological polar surface area (TPSA) is 112 Å². The second-order valence-electron chi connectivity index (χ2n) is 10.3. The molecule has 4 aliphatic carbocycles. The number of anilines is 2. The second kappa shape index (κ2) is 5.83. The molecule has 4 saturated carbocycles. The fourth-order valence-electron chi connectivity index (χ4n) is 6.02. The molecule has 5 fully saturated rings. The van der Waals surface area contributed by atoms with Gasteiger partial charge >= 0.3 is 0 Å². The van der Waals surface area contributed by atoms with Crippen molar-refractivity contribution in [1.29, 1.82) is 0 Å². The number of hydrazine groups is 1. The van der Waals surface area contributed by atoms with Gasteiger partial charge in [-0.25, -0.2) is 10.8 Å². The van der Waals surface area contributed by atoms with Gasteiger partial charge in [-0.1, -0.05) is 0 Å². The average Bonchev–Trinajstić information content (AvgIpc) is 3.61. The quantitative estimate of drug-likeness (QED) is 0.491. The number of nitrogens with one attached hydrogen (secondary N) is 2. The summed E-state index contributed by atoms with van der Waals surface area (Å²) < 4.78 is 14.7. The predicted molar refractivity (Wildman–Crippen MR) is 110 cm³/mol. The number of hydrogen-bond donors (Lipinski definition) is 3. The zero-order valence-corrected chi connectivity index (χ0v) is 17.4. The van der Waals surface area contributed by atoms with Crippen LogP contribution in [0.1, 0.15) is 52.0 Å². The molecule has 9 nitrogen and oxygen atoms in total. The van der Waals surface area contributed by atoms with Crippen LogP contribution < -0.4 is 16.6 Å². The van der Waals surface area contributed by atoms with Crippen molar-refractivity contribution >= 4 is 22.9 Å². The van der Waals surface area contributed by atoms with Crippen LogP contribution in [-0.2, 0) is 9.47 Å². The lowest BCUT2D eigenvalue weighted by Crippen LogP contribution is -2.30. The Kier molecular flexibility index (Phi) is 3.44. The summed E-state index contributed by atoms with van der Waals surface area (Å²) in [7, 11) is 0. The van der Waals surface area contributed by atoms with Gasteiger partial charge in [0.05, 0.1) is 18.5 Å². The Bertz CT molecular complexity index is 1000. The van der Waals surface area contributed by atoms with Crippen LogP contribution in [0.2, 0.25) is 0 Å². The van der Waals surface area contributed by atoms with Gasteiger partial charge in [0.15, 0.2) is 22.8 Å². The molecule has 9 heteroatoms. The Morgan fingerprint density at radius 1 is 1.10 bits per heavy atom. The molecule has 3 heterocycles. The summed E-state index contributed by atoms with van der Waals surface area (Å²) in [6.07, 6.45) is 8.50. The number of ether oxygens (including phenoxy) is 2. The molecular formula is C21H29N7O2. The average molecular weight is 412 g/mol. The summed E-state index contributed by atoms with van der Waals surface area (Å²) in [5.74, 6) is 9.05. The minimum atomic E-state index is -0.537. The highest BCUT2D eigenvalue weighted by molar-refractivity contribution is 5.84. The monoisotopic (exact) mass is 411 g/mol.